The highest BCUT2D eigenvalue weighted by atomic mass is 16.5. The van der Waals surface area contributed by atoms with E-state index in [9.17, 15) is 0 Å². The minimum atomic E-state index is 0.212. The largest absolute Gasteiger partial charge is 0.378 e. The molecule has 29 heavy (non-hydrogen) atoms. The Morgan fingerprint density at radius 2 is 1.69 bits per heavy atom. The molecule has 146 valence electrons. The summed E-state index contributed by atoms with van der Waals surface area (Å²) in [6, 6.07) is 2.01. The van der Waals surface area contributed by atoms with Crippen LogP contribution in [0.3, 0.4) is 0 Å². The zero-order valence-electron chi connectivity index (χ0n) is 15.9. The van der Waals surface area contributed by atoms with Gasteiger partial charge in [0.2, 0.25) is 5.95 Å². The van der Waals surface area contributed by atoms with E-state index in [1.165, 1.54) is 0 Å². The van der Waals surface area contributed by atoms with Crippen LogP contribution in [-0.2, 0) is 11.8 Å². The van der Waals surface area contributed by atoms with Gasteiger partial charge in [-0.05, 0) is 6.07 Å². The van der Waals surface area contributed by atoms with Gasteiger partial charge in [0.05, 0.1) is 30.5 Å². The highest BCUT2D eigenvalue weighted by Crippen LogP contribution is 2.29. The summed E-state index contributed by atoms with van der Waals surface area (Å²) in [4.78, 5) is 24.5. The lowest BCUT2D eigenvalue weighted by atomic mass is 10.1. The number of aryl methyl sites for hydroxylation is 1. The number of hydrogen-bond donors (Lipinski definition) is 1. The van der Waals surface area contributed by atoms with Crippen LogP contribution in [0.4, 0.5) is 11.8 Å². The Kier molecular flexibility index (Phi) is 4.24. The van der Waals surface area contributed by atoms with Gasteiger partial charge in [0.15, 0.2) is 11.6 Å². The summed E-state index contributed by atoms with van der Waals surface area (Å²) in [6.45, 7) is 2.80. The standard InChI is InChI=1S/C19H19N9O/c1-27-11-14(10-24-27)12-6-15-16(21-7-12)18(28-2-4-29-5-3-28)26-17(25-15)13-8-22-19(20)23-9-13/h6-11H,2-5H2,1H3,(H2,20,22,23). The Labute approximate surface area is 166 Å². The summed E-state index contributed by atoms with van der Waals surface area (Å²) < 4.78 is 7.25. The van der Waals surface area contributed by atoms with Crippen molar-refractivity contribution in [3.05, 3.63) is 37.1 Å². The Hall–Kier alpha value is -3.66. The third-order valence-electron chi connectivity index (χ3n) is 4.80. The molecule has 0 saturated carbocycles. The van der Waals surface area contributed by atoms with Gasteiger partial charge in [-0.25, -0.2) is 19.9 Å². The number of aromatic nitrogens is 7. The Morgan fingerprint density at radius 3 is 2.41 bits per heavy atom. The molecule has 0 radical (unpaired) electrons. The van der Waals surface area contributed by atoms with E-state index in [0.29, 0.717) is 24.6 Å². The second kappa shape index (κ2) is 7.06. The van der Waals surface area contributed by atoms with Gasteiger partial charge in [-0.3, -0.25) is 9.67 Å². The van der Waals surface area contributed by atoms with Gasteiger partial charge in [0, 0.05) is 56.1 Å². The van der Waals surface area contributed by atoms with Crippen molar-refractivity contribution < 1.29 is 4.74 Å². The number of ether oxygens (including phenoxy) is 1. The molecule has 2 N–H and O–H groups in total. The van der Waals surface area contributed by atoms with Crippen molar-refractivity contribution in [1.29, 1.82) is 0 Å². The van der Waals surface area contributed by atoms with E-state index in [-0.39, 0.29) is 5.95 Å². The van der Waals surface area contributed by atoms with Gasteiger partial charge >= 0.3 is 0 Å². The highest BCUT2D eigenvalue weighted by Gasteiger charge is 2.20. The first-order valence-electron chi connectivity index (χ1n) is 9.25. The first-order valence-corrected chi connectivity index (χ1v) is 9.25. The van der Waals surface area contributed by atoms with E-state index in [4.69, 9.17) is 25.4 Å². The van der Waals surface area contributed by atoms with Gasteiger partial charge in [-0.2, -0.15) is 5.10 Å². The van der Waals surface area contributed by atoms with Gasteiger partial charge in [-0.15, -0.1) is 0 Å². The lowest BCUT2D eigenvalue weighted by Gasteiger charge is -2.28. The highest BCUT2D eigenvalue weighted by molar-refractivity contribution is 5.90. The zero-order valence-corrected chi connectivity index (χ0v) is 15.9. The Balaban J connectivity index is 1.68. The maximum atomic E-state index is 5.63. The molecule has 1 aliphatic heterocycles. The van der Waals surface area contributed by atoms with Crippen molar-refractivity contribution in [2.75, 3.05) is 36.9 Å². The van der Waals surface area contributed by atoms with Crippen LogP contribution in [0.25, 0.3) is 33.5 Å². The molecule has 4 aromatic rings. The summed E-state index contributed by atoms with van der Waals surface area (Å²) in [5, 5.41) is 4.24. The van der Waals surface area contributed by atoms with Crippen molar-refractivity contribution in [3.63, 3.8) is 0 Å². The van der Waals surface area contributed by atoms with Gasteiger partial charge in [-0.1, -0.05) is 0 Å². The molecular weight excluding hydrogens is 370 g/mol. The molecular formula is C19H19N9O. The Bertz CT molecular complexity index is 1170. The number of morpholine rings is 1. The first-order chi connectivity index (χ1) is 14.2. The molecule has 0 amide bonds. The van der Waals surface area contributed by atoms with E-state index in [0.717, 1.165) is 41.1 Å². The van der Waals surface area contributed by atoms with Crippen LogP contribution in [0.2, 0.25) is 0 Å². The number of fused-ring (bicyclic) bond motifs is 1. The third kappa shape index (κ3) is 3.34. The van der Waals surface area contributed by atoms with Crippen LogP contribution < -0.4 is 10.6 Å². The summed E-state index contributed by atoms with van der Waals surface area (Å²) in [5.41, 5.74) is 9.74. The average Bonchev–Trinajstić information content (AvgIpc) is 3.20. The minimum absolute atomic E-state index is 0.212. The summed E-state index contributed by atoms with van der Waals surface area (Å²) >= 11 is 0. The maximum Gasteiger partial charge on any atom is 0.219 e. The van der Waals surface area contributed by atoms with Gasteiger partial charge in [0.25, 0.3) is 0 Å². The van der Waals surface area contributed by atoms with Crippen molar-refractivity contribution in [2.45, 2.75) is 0 Å². The molecule has 0 bridgehead atoms. The normalized spacial score (nSPS) is 14.4. The lowest BCUT2D eigenvalue weighted by molar-refractivity contribution is 0.122. The molecule has 5 heterocycles. The number of nitrogens with zero attached hydrogens (tertiary/aromatic N) is 8. The molecule has 0 atom stereocenters. The van der Waals surface area contributed by atoms with Crippen molar-refractivity contribution in [3.8, 4) is 22.5 Å². The fourth-order valence-electron chi connectivity index (χ4n) is 3.31. The van der Waals surface area contributed by atoms with Crippen molar-refractivity contribution in [2.24, 2.45) is 7.05 Å². The molecule has 5 rings (SSSR count). The summed E-state index contributed by atoms with van der Waals surface area (Å²) in [6.07, 6.45) is 8.85. The SMILES string of the molecule is Cn1cc(-c2cnc3c(N4CCOCC4)nc(-c4cnc(N)nc4)nc3c2)cn1. The fourth-order valence-corrected chi connectivity index (χ4v) is 3.31. The van der Waals surface area contributed by atoms with Crippen molar-refractivity contribution >= 4 is 22.8 Å². The predicted octanol–water partition coefficient (Wildman–Crippen LogP) is 1.30. The van der Waals surface area contributed by atoms with E-state index >= 15 is 0 Å². The summed E-state index contributed by atoms with van der Waals surface area (Å²) in [7, 11) is 1.88. The van der Waals surface area contributed by atoms with E-state index in [1.807, 2.05) is 31.7 Å². The minimum Gasteiger partial charge on any atom is -0.378 e. The van der Waals surface area contributed by atoms with Crippen LogP contribution in [0.5, 0.6) is 0 Å². The van der Waals surface area contributed by atoms with E-state index < -0.39 is 0 Å². The maximum absolute atomic E-state index is 5.63. The molecule has 4 aromatic heterocycles. The van der Waals surface area contributed by atoms with Crippen LogP contribution in [0.1, 0.15) is 0 Å². The number of nitrogens with two attached hydrogens (primary N) is 1. The number of anilines is 2. The molecule has 10 nitrogen and oxygen atoms in total. The third-order valence-corrected chi connectivity index (χ3v) is 4.80. The number of nitrogen functional groups attached to an aromatic ring is 1. The summed E-state index contributed by atoms with van der Waals surface area (Å²) in [5.74, 6) is 1.52. The second-order valence-electron chi connectivity index (χ2n) is 6.79. The first kappa shape index (κ1) is 17.4. The van der Waals surface area contributed by atoms with E-state index in [1.54, 1.807) is 17.1 Å². The number of hydrogen-bond acceptors (Lipinski definition) is 9. The number of pyridine rings is 1. The van der Waals surface area contributed by atoms with Crippen LogP contribution in [0.15, 0.2) is 37.1 Å². The second-order valence-corrected chi connectivity index (χ2v) is 6.79. The van der Waals surface area contributed by atoms with Crippen molar-refractivity contribution in [1.82, 2.24) is 34.7 Å². The monoisotopic (exact) mass is 389 g/mol. The molecule has 1 saturated heterocycles. The average molecular weight is 389 g/mol. The van der Waals surface area contributed by atoms with Crippen LogP contribution >= 0.6 is 0 Å². The zero-order chi connectivity index (χ0) is 19.8. The van der Waals surface area contributed by atoms with Gasteiger partial charge in [0.1, 0.15) is 5.52 Å². The Morgan fingerprint density at radius 1 is 0.931 bits per heavy atom. The molecule has 1 fully saturated rings. The topological polar surface area (TPSA) is 121 Å². The number of rotatable bonds is 3. The van der Waals surface area contributed by atoms with E-state index in [2.05, 4.69) is 20.0 Å². The quantitative estimate of drug-likeness (QED) is 0.552. The molecule has 10 heteroatoms. The lowest BCUT2D eigenvalue weighted by Crippen LogP contribution is -2.37. The predicted molar refractivity (Wildman–Crippen MR) is 108 cm³/mol. The van der Waals surface area contributed by atoms with Crippen LogP contribution in [-0.4, -0.2) is 61.0 Å². The van der Waals surface area contributed by atoms with Gasteiger partial charge < -0.3 is 15.4 Å². The van der Waals surface area contributed by atoms with Crippen LogP contribution in [0, 0.1) is 0 Å². The molecule has 0 aromatic carbocycles. The molecule has 0 unspecified atom stereocenters. The molecule has 0 aliphatic carbocycles. The molecule has 0 spiro atoms. The fraction of sp³-hybridized carbons (Fsp3) is 0.263. The smallest absolute Gasteiger partial charge is 0.219 e. The molecule has 1 aliphatic rings.